The Morgan fingerprint density at radius 1 is 1.47 bits per heavy atom. The van der Waals surface area contributed by atoms with E-state index in [1.54, 1.807) is 0 Å². The Labute approximate surface area is 103 Å². The third-order valence-corrected chi connectivity index (χ3v) is 2.42. The van der Waals surface area contributed by atoms with Gasteiger partial charge >= 0.3 is 0 Å². The Hall–Kier alpha value is -1.32. The van der Waals surface area contributed by atoms with Gasteiger partial charge in [0, 0.05) is 19.6 Å². The fourth-order valence-corrected chi connectivity index (χ4v) is 1.72. The summed E-state index contributed by atoms with van der Waals surface area (Å²) in [6.45, 7) is 8.77. The summed E-state index contributed by atoms with van der Waals surface area (Å²) >= 11 is 0. The Morgan fingerprint density at radius 2 is 2.29 bits per heavy atom. The maximum absolute atomic E-state index is 8.98. The van der Waals surface area contributed by atoms with Crippen LogP contribution in [0.4, 0.5) is 0 Å². The van der Waals surface area contributed by atoms with Crippen molar-refractivity contribution in [3.63, 3.8) is 0 Å². The van der Waals surface area contributed by atoms with Crippen LogP contribution >= 0.6 is 0 Å². The Kier molecular flexibility index (Phi) is 6.37. The molecular weight excluding hydrogens is 214 g/mol. The van der Waals surface area contributed by atoms with E-state index in [1.807, 2.05) is 31.2 Å². The highest BCUT2D eigenvalue weighted by Crippen LogP contribution is 2.14. The van der Waals surface area contributed by atoms with E-state index in [4.69, 9.17) is 9.84 Å². The SMILES string of the molecule is C=CCN(CCO)Cc1cccc(OCC)c1. The van der Waals surface area contributed by atoms with Crippen molar-refractivity contribution in [3.05, 3.63) is 42.5 Å². The summed E-state index contributed by atoms with van der Waals surface area (Å²) in [7, 11) is 0. The molecule has 3 nitrogen and oxygen atoms in total. The van der Waals surface area contributed by atoms with E-state index in [2.05, 4.69) is 17.5 Å². The number of rotatable bonds is 8. The molecule has 0 radical (unpaired) electrons. The largest absolute Gasteiger partial charge is 0.494 e. The van der Waals surface area contributed by atoms with Crippen LogP contribution in [0, 0.1) is 0 Å². The fraction of sp³-hybridized carbons (Fsp3) is 0.429. The second-order valence-electron chi connectivity index (χ2n) is 3.83. The predicted molar refractivity (Wildman–Crippen MR) is 70.2 cm³/mol. The molecule has 0 amide bonds. The Morgan fingerprint density at radius 3 is 2.94 bits per heavy atom. The summed E-state index contributed by atoms with van der Waals surface area (Å²) < 4.78 is 5.46. The first-order valence-corrected chi connectivity index (χ1v) is 5.96. The number of aliphatic hydroxyl groups excluding tert-OH is 1. The summed E-state index contributed by atoms with van der Waals surface area (Å²) in [6.07, 6.45) is 1.85. The summed E-state index contributed by atoms with van der Waals surface area (Å²) in [5, 5.41) is 8.98. The summed E-state index contributed by atoms with van der Waals surface area (Å²) in [6, 6.07) is 8.05. The van der Waals surface area contributed by atoms with Crippen molar-refractivity contribution < 1.29 is 9.84 Å². The summed E-state index contributed by atoms with van der Waals surface area (Å²) in [4.78, 5) is 2.14. The lowest BCUT2D eigenvalue weighted by molar-refractivity contribution is 0.203. The number of benzene rings is 1. The van der Waals surface area contributed by atoms with Gasteiger partial charge in [-0.25, -0.2) is 0 Å². The first-order valence-electron chi connectivity index (χ1n) is 5.96. The molecule has 0 fully saturated rings. The van der Waals surface area contributed by atoms with Crippen molar-refractivity contribution in [1.29, 1.82) is 0 Å². The van der Waals surface area contributed by atoms with E-state index >= 15 is 0 Å². The summed E-state index contributed by atoms with van der Waals surface area (Å²) in [5.41, 5.74) is 1.19. The van der Waals surface area contributed by atoms with Gasteiger partial charge in [-0.05, 0) is 24.6 Å². The molecule has 94 valence electrons. The van der Waals surface area contributed by atoms with Gasteiger partial charge in [0.05, 0.1) is 13.2 Å². The van der Waals surface area contributed by atoms with Crippen LogP contribution in [0.25, 0.3) is 0 Å². The highest BCUT2D eigenvalue weighted by molar-refractivity contribution is 5.28. The van der Waals surface area contributed by atoms with E-state index < -0.39 is 0 Å². The maximum Gasteiger partial charge on any atom is 0.119 e. The minimum atomic E-state index is 0.166. The number of hydrogen-bond acceptors (Lipinski definition) is 3. The van der Waals surface area contributed by atoms with Gasteiger partial charge in [-0.1, -0.05) is 18.2 Å². The van der Waals surface area contributed by atoms with Crippen LogP contribution in [-0.4, -0.2) is 36.3 Å². The molecule has 0 spiro atoms. The lowest BCUT2D eigenvalue weighted by Crippen LogP contribution is -2.26. The molecule has 1 aromatic carbocycles. The lowest BCUT2D eigenvalue weighted by Gasteiger charge is -2.19. The quantitative estimate of drug-likeness (QED) is 0.700. The van der Waals surface area contributed by atoms with Crippen LogP contribution in [0.5, 0.6) is 5.75 Å². The van der Waals surface area contributed by atoms with Crippen molar-refractivity contribution in [2.24, 2.45) is 0 Å². The van der Waals surface area contributed by atoms with Gasteiger partial charge in [-0.15, -0.1) is 6.58 Å². The first-order chi connectivity index (χ1) is 8.30. The molecule has 0 aliphatic rings. The number of nitrogens with zero attached hydrogens (tertiary/aromatic N) is 1. The molecule has 0 saturated heterocycles. The fourth-order valence-electron chi connectivity index (χ4n) is 1.72. The molecule has 0 aromatic heterocycles. The van der Waals surface area contributed by atoms with Crippen LogP contribution in [0.3, 0.4) is 0 Å². The zero-order valence-electron chi connectivity index (χ0n) is 10.4. The Balaban J connectivity index is 2.63. The topological polar surface area (TPSA) is 32.7 Å². The van der Waals surface area contributed by atoms with E-state index in [1.165, 1.54) is 5.56 Å². The molecule has 0 aliphatic carbocycles. The molecule has 17 heavy (non-hydrogen) atoms. The third kappa shape index (κ3) is 5.02. The second kappa shape index (κ2) is 7.87. The van der Waals surface area contributed by atoms with Crippen molar-refractivity contribution in [1.82, 2.24) is 4.90 Å². The molecule has 0 saturated carbocycles. The van der Waals surface area contributed by atoms with Crippen LogP contribution < -0.4 is 4.74 Å². The average molecular weight is 235 g/mol. The zero-order chi connectivity index (χ0) is 12.5. The van der Waals surface area contributed by atoms with E-state index in [-0.39, 0.29) is 6.61 Å². The third-order valence-electron chi connectivity index (χ3n) is 2.42. The monoisotopic (exact) mass is 235 g/mol. The van der Waals surface area contributed by atoms with Crippen LogP contribution in [-0.2, 0) is 6.54 Å². The Bertz CT molecular complexity index is 339. The van der Waals surface area contributed by atoms with Gasteiger partial charge in [0.2, 0.25) is 0 Å². The van der Waals surface area contributed by atoms with Gasteiger partial charge in [0.15, 0.2) is 0 Å². The molecule has 0 bridgehead atoms. The van der Waals surface area contributed by atoms with E-state index in [9.17, 15) is 0 Å². The predicted octanol–water partition coefficient (Wildman–Crippen LogP) is 2.07. The normalized spacial score (nSPS) is 10.5. The van der Waals surface area contributed by atoms with Gasteiger partial charge < -0.3 is 9.84 Å². The van der Waals surface area contributed by atoms with Gasteiger partial charge in [0.25, 0.3) is 0 Å². The standard InChI is InChI=1S/C14H21NO2/c1-3-8-15(9-10-16)12-13-6-5-7-14(11-13)17-4-2/h3,5-7,11,16H,1,4,8-10,12H2,2H3. The van der Waals surface area contributed by atoms with E-state index in [0.717, 1.165) is 18.8 Å². The highest BCUT2D eigenvalue weighted by Gasteiger charge is 2.04. The molecule has 1 rings (SSSR count). The number of hydrogen-bond donors (Lipinski definition) is 1. The van der Waals surface area contributed by atoms with Crippen LogP contribution in [0.15, 0.2) is 36.9 Å². The lowest BCUT2D eigenvalue weighted by atomic mass is 10.2. The van der Waals surface area contributed by atoms with Gasteiger partial charge in [-0.3, -0.25) is 4.90 Å². The van der Waals surface area contributed by atoms with Crippen molar-refractivity contribution in [2.45, 2.75) is 13.5 Å². The van der Waals surface area contributed by atoms with Crippen molar-refractivity contribution in [3.8, 4) is 5.75 Å². The molecule has 0 heterocycles. The molecule has 0 unspecified atom stereocenters. The molecular formula is C14H21NO2. The minimum absolute atomic E-state index is 0.166. The molecule has 1 N–H and O–H groups in total. The first kappa shape index (κ1) is 13.7. The minimum Gasteiger partial charge on any atom is -0.494 e. The summed E-state index contributed by atoms with van der Waals surface area (Å²) in [5.74, 6) is 0.896. The molecule has 0 aliphatic heterocycles. The smallest absolute Gasteiger partial charge is 0.119 e. The van der Waals surface area contributed by atoms with Crippen LogP contribution in [0.1, 0.15) is 12.5 Å². The zero-order valence-corrected chi connectivity index (χ0v) is 10.4. The highest BCUT2D eigenvalue weighted by atomic mass is 16.5. The van der Waals surface area contributed by atoms with E-state index in [0.29, 0.717) is 13.2 Å². The van der Waals surface area contributed by atoms with Crippen molar-refractivity contribution in [2.75, 3.05) is 26.3 Å². The van der Waals surface area contributed by atoms with Gasteiger partial charge in [0.1, 0.15) is 5.75 Å². The number of ether oxygens (including phenoxy) is 1. The number of aliphatic hydroxyl groups is 1. The maximum atomic E-state index is 8.98. The second-order valence-corrected chi connectivity index (χ2v) is 3.83. The van der Waals surface area contributed by atoms with Gasteiger partial charge in [-0.2, -0.15) is 0 Å². The average Bonchev–Trinajstić information content (AvgIpc) is 2.30. The molecule has 1 aromatic rings. The van der Waals surface area contributed by atoms with Crippen LogP contribution in [0.2, 0.25) is 0 Å². The van der Waals surface area contributed by atoms with Crippen molar-refractivity contribution >= 4 is 0 Å². The molecule has 3 heteroatoms. The molecule has 0 atom stereocenters.